The van der Waals surface area contributed by atoms with Gasteiger partial charge in [-0.1, -0.05) is 36.8 Å². The summed E-state index contributed by atoms with van der Waals surface area (Å²) in [5, 5.41) is 7.53. The Morgan fingerprint density at radius 2 is 2.00 bits per heavy atom. The molecule has 1 aromatic heterocycles. The van der Waals surface area contributed by atoms with Crippen molar-refractivity contribution >= 4 is 18.3 Å². The van der Waals surface area contributed by atoms with Gasteiger partial charge in [-0.3, -0.25) is 14.4 Å². The molecule has 27 heavy (non-hydrogen) atoms. The van der Waals surface area contributed by atoms with E-state index >= 15 is 0 Å². The van der Waals surface area contributed by atoms with Gasteiger partial charge in [0.05, 0.1) is 12.7 Å². The smallest absolute Gasteiger partial charge is 0.221 e. The van der Waals surface area contributed by atoms with Crippen LogP contribution in [-0.2, 0) is 17.9 Å². The summed E-state index contributed by atoms with van der Waals surface area (Å²) < 4.78 is 1.99. The van der Waals surface area contributed by atoms with Crippen molar-refractivity contribution in [2.75, 3.05) is 19.6 Å². The van der Waals surface area contributed by atoms with Crippen molar-refractivity contribution in [1.82, 2.24) is 20.0 Å². The van der Waals surface area contributed by atoms with Crippen molar-refractivity contribution in [3.05, 3.63) is 53.9 Å². The lowest BCUT2D eigenvalue weighted by atomic mass is 10.0. The molecule has 3 rings (SSSR count). The van der Waals surface area contributed by atoms with Crippen molar-refractivity contribution in [2.24, 2.45) is 5.73 Å². The Hall–Kier alpha value is -1.89. The molecule has 3 N–H and O–H groups in total. The fourth-order valence-electron chi connectivity index (χ4n) is 3.53. The Labute approximate surface area is 167 Å². The van der Waals surface area contributed by atoms with E-state index in [2.05, 4.69) is 45.8 Å². The summed E-state index contributed by atoms with van der Waals surface area (Å²) >= 11 is 0. The van der Waals surface area contributed by atoms with Crippen LogP contribution in [-0.4, -0.2) is 46.3 Å². The molecule has 1 aliphatic rings. The molecule has 7 heteroatoms. The van der Waals surface area contributed by atoms with Gasteiger partial charge in [0, 0.05) is 43.9 Å². The minimum Gasteiger partial charge on any atom is -0.354 e. The molecule has 0 aliphatic carbocycles. The van der Waals surface area contributed by atoms with Gasteiger partial charge < -0.3 is 11.1 Å². The molecule has 1 fully saturated rings. The maximum atomic E-state index is 11.7. The number of halogens is 1. The number of aromatic nitrogens is 2. The topological polar surface area (TPSA) is 76.2 Å². The fraction of sp³-hybridized carbons (Fsp3) is 0.500. The molecule has 1 aliphatic heterocycles. The zero-order valence-electron chi connectivity index (χ0n) is 15.7. The third-order valence-corrected chi connectivity index (χ3v) is 4.92. The van der Waals surface area contributed by atoms with Gasteiger partial charge in [0.15, 0.2) is 0 Å². The predicted molar refractivity (Wildman–Crippen MR) is 110 cm³/mol. The third kappa shape index (κ3) is 6.65. The molecule has 6 nitrogen and oxygen atoms in total. The average Bonchev–Trinajstić information content (AvgIpc) is 3.09. The number of rotatable bonds is 8. The molecule has 1 unspecified atom stereocenters. The molecule has 148 valence electrons. The second-order valence-corrected chi connectivity index (χ2v) is 6.99. The lowest BCUT2D eigenvalue weighted by molar-refractivity contribution is -0.121. The number of benzene rings is 1. The SMILES string of the molecule is Cl.NCCC(=O)NCC1CCCCN1Cc1cnn(Cc2ccccc2)c1. The van der Waals surface area contributed by atoms with E-state index in [-0.39, 0.29) is 18.3 Å². The highest BCUT2D eigenvalue weighted by molar-refractivity contribution is 5.85. The van der Waals surface area contributed by atoms with E-state index in [9.17, 15) is 4.79 Å². The Bertz CT molecular complexity index is 691. The molecule has 1 saturated heterocycles. The first-order chi connectivity index (χ1) is 12.7. The van der Waals surface area contributed by atoms with Gasteiger partial charge in [-0.05, 0) is 24.9 Å². The van der Waals surface area contributed by atoms with Gasteiger partial charge in [0.1, 0.15) is 0 Å². The van der Waals surface area contributed by atoms with Crippen molar-refractivity contribution in [3.8, 4) is 0 Å². The van der Waals surface area contributed by atoms with Crippen molar-refractivity contribution in [1.29, 1.82) is 0 Å². The fourth-order valence-corrected chi connectivity index (χ4v) is 3.53. The maximum absolute atomic E-state index is 11.7. The molecule has 1 atom stereocenters. The lowest BCUT2D eigenvalue weighted by Gasteiger charge is -2.35. The van der Waals surface area contributed by atoms with Crippen LogP contribution in [0.5, 0.6) is 0 Å². The highest BCUT2D eigenvalue weighted by atomic mass is 35.5. The lowest BCUT2D eigenvalue weighted by Crippen LogP contribution is -2.46. The largest absolute Gasteiger partial charge is 0.354 e. The third-order valence-electron chi connectivity index (χ3n) is 4.92. The molecular weight excluding hydrogens is 362 g/mol. The number of nitrogens with one attached hydrogen (secondary N) is 1. The maximum Gasteiger partial charge on any atom is 0.221 e. The minimum atomic E-state index is 0. The molecular formula is C20H30ClN5O. The number of hydrogen-bond donors (Lipinski definition) is 2. The molecule has 0 radical (unpaired) electrons. The molecule has 0 saturated carbocycles. The highest BCUT2D eigenvalue weighted by Crippen LogP contribution is 2.19. The van der Waals surface area contributed by atoms with Crippen LogP contribution in [0.3, 0.4) is 0 Å². The number of piperidine rings is 1. The minimum absolute atomic E-state index is 0. The predicted octanol–water partition coefficient (Wildman–Crippen LogP) is 2.17. The van der Waals surface area contributed by atoms with E-state index in [1.165, 1.54) is 24.0 Å². The number of hydrogen-bond acceptors (Lipinski definition) is 4. The summed E-state index contributed by atoms with van der Waals surface area (Å²) in [7, 11) is 0. The average molecular weight is 392 g/mol. The molecule has 0 spiro atoms. The molecule has 2 heterocycles. The summed E-state index contributed by atoms with van der Waals surface area (Å²) in [6.45, 7) is 3.85. The molecule has 1 aromatic carbocycles. The van der Waals surface area contributed by atoms with Crippen LogP contribution in [0.25, 0.3) is 0 Å². The number of amides is 1. The van der Waals surface area contributed by atoms with Crippen LogP contribution in [0, 0.1) is 0 Å². The van der Waals surface area contributed by atoms with Crippen LogP contribution >= 0.6 is 12.4 Å². The number of nitrogens with zero attached hydrogens (tertiary/aromatic N) is 3. The quantitative estimate of drug-likeness (QED) is 0.723. The Morgan fingerprint density at radius 3 is 2.78 bits per heavy atom. The summed E-state index contributed by atoms with van der Waals surface area (Å²) in [5.74, 6) is 0.0497. The Morgan fingerprint density at radius 1 is 1.19 bits per heavy atom. The zero-order chi connectivity index (χ0) is 18.2. The Kier molecular flexibility index (Phi) is 8.78. The van der Waals surface area contributed by atoms with Gasteiger partial charge in [-0.2, -0.15) is 5.10 Å². The van der Waals surface area contributed by atoms with Crippen molar-refractivity contribution < 1.29 is 4.79 Å². The second-order valence-electron chi connectivity index (χ2n) is 6.99. The molecule has 1 amide bonds. The first-order valence-corrected chi connectivity index (χ1v) is 9.50. The summed E-state index contributed by atoms with van der Waals surface area (Å²) in [5.41, 5.74) is 7.92. The van der Waals surface area contributed by atoms with E-state index in [1.54, 1.807) is 0 Å². The Balaban J connectivity index is 0.00000261. The molecule has 2 aromatic rings. The molecule has 0 bridgehead atoms. The van der Waals surface area contributed by atoms with Gasteiger partial charge >= 0.3 is 0 Å². The van der Waals surface area contributed by atoms with Crippen LogP contribution in [0.2, 0.25) is 0 Å². The summed E-state index contributed by atoms with van der Waals surface area (Å²) in [4.78, 5) is 14.2. The van der Waals surface area contributed by atoms with Crippen LogP contribution in [0.15, 0.2) is 42.7 Å². The van der Waals surface area contributed by atoms with E-state index in [0.29, 0.717) is 25.6 Å². The number of carbonyl (C=O) groups excluding carboxylic acids is 1. The van der Waals surface area contributed by atoms with E-state index in [0.717, 1.165) is 26.1 Å². The number of nitrogens with two attached hydrogens (primary N) is 1. The normalized spacial score (nSPS) is 17.3. The van der Waals surface area contributed by atoms with E-state index < -0.39 is 0 Å². The highest BCUT2D eigenvalue weighted by Gasteiger charge is 2.23. The van der Waals surface area contributed by atoms with Gasteiger partial charge in [0.25, 0.3) is 0 Å². The van der Waals surface area contributed by atoms with Crippen LogP contribution < -0.4 is 11.1 Å². The van der Waals surface area contributed by atoms with Crippen LogP contribution in [0.1, 0.15) is 36.8 Å². The van der Waals surface area contributed by atoms with Crippen molar-refractivity contribution in [2.45, 2.75) is 44.8 Å². The first-order valence-electron chi connectivity index (χ1n) is 9.50. The van der Waals surface area contributed by atoms with Gasteiger partial charge in [-0.25, -0.2) is 0 Å². The monoisotopic (exact) mass is 391 g/mol. The summed E-state index contributed by atoms with van der Waals surface area (Å²) in [6, 6.07) is 10.8. The summed E-state index contributed by atoms with van der Waals surface area (Å²) in [6.07, 6.45) is 8.06. The van der Waals surface area contributed by atoms with E-state index in [4.69, 9.17) is 5.73 Å². The van der Waals surface area contributed by atoms with E-state index in [1.807, 2.05) is 16.9 Å². The van der Waals surface area contributed by atoms with Gasteiger partial charge in [0.2, 0.25) is 5.91 Å². The number of likely N-dealkylation sites (tertiary alicyclic amines) is 1. The standard InChI is InChI=1S/C20H29N5O.ClH/c21-10-9-20(26)22-13-19-8-4-5-11-24(19)14-18-12-23-25(16-18)15-17-6-2-1-3-7-17;/h1-3,6-7,12,16,19H,4-5,8-11,13-15,21H2,(H,22,26);1H. The number of carbonyl (C=O) groups is 1. The van der Waals surface area contributed by atoms with Gasteiger partial charge in [-0.15, -0.1) is 12.4 Å². The van der Waals surface area contributed by atoms with Crippen molar-refractivity contribution in [3.63, 3.8) is 0 Å². The first kappa shape index (κ1) is 21.4. The van der Waals surface area contributed by atoms with Crippen LogP contribution in [0.4, 0.5) is 0 Å². The zero-order valence-corrected chi connectivity index (χ0v) is 16.5. The second kappa shape index (κ2) is 11.1.